The molecular formula is C13H21N3O2S. The lowest BCUT2D eigenvalue weighted by Gasteiger charge is -2.39. The van der Waals surface area contributed by atoms with Gasteiger partial charge in [-0.25, -0.2) is 5.14 Å². The Morgan fingerprint density at radius 1 is 1.26 bits per heavy atom. The summed E-state index contributed by atoms with van der Waals surface area (Å²) in [7, 11) is -3.58. The van der Waals surface area contributed by atoms with Gasteiger partial charge in [-0.3, -0.25) is 4.90 Å². The fourth-order valence-electron chi connectivity index (χ4n) is 2.56. The summed E-state index contributed by atoms with van der Waals surface area (Å²) in [5.74, 6) is 0. The first kappa shape index (κ1) is 14.5. The van der Waals surface area contributed by atoms with Gasteiger partial charge in [0.15, 0.2) is 0 Å². The molecule has 1 unspecified atom stereocenters. The Labute approximate surface area is 115 Å². The standard InChI is InChI=1S/C13H21N3O2S/c1-2-13-11-15(8-9-16(13)19(14,17)18)10-12-6-4-3-5-7-12/h3-7,13H,2,8-11H2,1H3,(H2,14,17,18). The van der Waals surface area contributed by atoms with Gasteiger partial charge in [0.05, 0.1) is 0 Å². The summed E-state index contributed by atoms with van der Waals surface area (Å²) < 4.78 is 24.4. The van der Waals surface area contributed by atoms with Crippen LogP contribution in [0.3, 0.4) is 0 Å². The molecule has 1 aromatic carbocycles. The van der Waals surface area contributed by atoms with Gasteiger partial charge in [-0.1, -0.05) is 37.3 Å². The molecule has 1 aromatic rings. The summed E-state index contributed by atoms with van der Waals surface area (Å²) in [6, 6.07) is 10.2. The van der Waals surface area contributed by atoms with Crippen molar-refractivity contribution in [3.8, 4) is 0 Å². The van der Waals surface area contributed by atoms with E-state index in [1.165, 1.54) is 9.87 Å². The van der Waals surface area contributed by atoms with Gasteiger partial charge in [-0.05, 0) is 12.0 Å². The highest BCUT2D eigenvalue weighted by Crippen LogP contribution is 2.17. The molecule has 0 saturated carbocycles. The number of hydrogen-bond donors (Lipinski definition) is 1. The van der Waals surface area contributed by atoms with Crippen LogP contribution in [0.5, 0.6) is 0 Å². The van der Waals surface area contributed by atoms with Gasteiger partial charge in [-0.15, -0.1) is 0 Å². The monoisotopic (exact) mass is 283 g/mol. The normalized spacial score (nSPS) is 22.5. The van der Waals surface area contributed by atoms with Crippen LogP contribution in [0.2, 0.25) is 0 Å². The summed E-state index contributed by atoms with van der Waals surface area (Å²) in [5, 5.41) is 5.25. The van der Waals surface area contributed by atoms with Crippen molar-refractivity contribution in [3.63, 3.8) is 0 Å². The zero-order valence-electron chi connectivity index (χ0n) is 11.2. The lowest BCUT2D eigenvalue weighted by Crippen LogP contribution is -2.56. The zero-order valence-corrected chi connectivity index (χ0v) is 12.0. The van der Waals surface area contributed by atoms with Crippen molar-refractivity contribution in [2.24, 2.45) is 5.14 Å². The Balaban J connectivity index is 2.01. The molecule has 1 fully saturated rings. The predicted molar refractivity (Wildman–Crippen MR) is 75.6 cm³/mol. The van der Waals surface area contributed by atoms with E-state index in [9.17, 15) is 8.42 Å². The number of piperazine rings is 1. The first-order valence-corrected chi connectivity index (χ1v) is 8.07. The van der Waals surface area contributed by atoms with Crippen molar-refractivity contribution in [3.05, 3.63) is 35.9 Å². The van der Waals surface area contributed by atoms with Crippen LogP contribution in [0.15, 0.2) is 30.3 Å². The molecule has 19 heavy (non-hydrogen) atoms. The van der Waals surface area contributed by atoms with Crippen LogP contribution < -0.4 is 5.14 Å². The van der Waals surface area contributed by atoms with E-state index < -0.39 is 10.2 Å². The molecule has 1 saturated heterocycles. The van der Waals surface area contributed by atoms with Crippen LogP contribution in [0.4, 0.5) is 0 Å². The SMILES string of the molecule is CCC1CN(Cc2ccccc2)CCN1S(N)(=O)=O. The number of nitrogens with zero attached hydrogens (tertiary/aromatic N) is 2. The number of hydrogen-bond acceptors (Lipinski definition) is 3. The molecule has 2 N–H and O–H groups in total. The highest BCUT2D eigenvalue weighted by atomic mass is 32.2. The molecule has 0 aliphatic carbocycles. The molecule has 0 amide bonds. The van der Waals surface area contributed by atoms with E-state index in [4.69, 9.17) is 5.14 Å². The van der Waals surface area contributed by atoms with Gasteiger partial charge in [-0.2, -0.15) is 12.7 Å². The Kier molecular flexibility index (Phi) is 4.57. The van der Waals surface area contributed by atoms with E-state index in [1.54, 1.807) is 0 Å². The topological polar surface area (TPSA) is 66.6 Å². The van der Waals surface area contributed by atoms with E-state index in [2.05, 4.69) is 17.0 Å². The second kappa shape index (κ2) is 6.00. The maximum atomic E-state index is 11.5. The van der Waals surface area contributed by atoms with Crippen LogP contribution in [-0.4, -0.2) is 43.3 Å². The summed E-state index contributed by atoms with van der Waals surface area (Å²) >= 11 is 0. The Morgan fingerprint density at radius 3 is 2.53 bits per heavy atom. The van der Waals surface area contributed by atoms with Gasteiger partial charge in [0, 0.05) is 32.2 Å². The fourth-order valence-corrected chi connectivity index (χ4v) is 3.52. The van der Waals surface area contributed by atoms with E-state index >= 15 is 0 Å². The Bertz CT molecular complexity index is 504. The van der Waals surface area contributed by atoms with Crippen molar-refractivity contribution in [2.75, 3.05) is 19.6 Å². The van der Waals surface area contributed by atoms with E-state index in [0.717, 1.165) is 26.1 Å². The second-order valence-electron chi connectivity index (χ2n) is 4.94. The van der Waals surface area contributed by atoms with Crippen molar-refractivity contribution in [1.82, 2.24) is 9.21 Å². The number of nitrogens with two attached hydrogens (primary N) is 1. The summed E-state index contributed by atoms with van der Waals surface area (Å²) in [5.41, 5.74) is 1.25. The molecule has 106 valence electrons. The van der Waals surface area contributed by atoms with Crippen LogP contribution in [0.1, 0.15) is 18.9 Å². The third kappa shape index (κ3) is 3.76. The quantitative estimate of drug-likeness (QED) is 0.888. The van der Waals surface area contributed by atoms with Crippen LogP contribution in [0, 0.1) is 0 Å². The van der Waals surface area contributed by atoms with Crippen LogP contribution in [0.25, 0.3) is 0 Å². The summed E-state index contributed by atoms with van der Waals surface area (Å²) in [6.07, 6.45) is 0.779. The lowest BCUT2D eigenvalue weighted by molar-refractivity contribution is 0.126. The smallest absolute Gasteiger partial charge is 0.277 e. The molecule has 5 nitrogen and oxygen atoms in total. The predicted octanol–water partition coefficient (Wildman–Crippen LogP) is 0.786. The van der Waals surface area contributed by atoms with E-state index in [1.807, 2.05) is 25.1 Å². The molecule has 1 aliphatic heterocycles. The maximum absolute atomic E-state index is 11.5. The minimum atomic E-state index is -3.58. The van der Waals surface area contributed by atoms with Gasteiger partial charge >= 0.3 is 0 Å². The molecule has 0 bridgehead atoms. The minimum Gasteiger partial charge on any atom is -0.296 e. The highest BCUT2D eigenvalue weighted by Gasteiger charge is 2.31. The molecule has 0 radical (unpaired) electrons. The molecule has 2 rings (SSSR count). The summed E-state index contributed by atoms with van der Waals surface area (Å²) in [4.78, 5) is 2.28. The fraction of sp³-hybridized carbons (Fsp3) is 0.538. The molecule has 1 aliphatic rings. The minimum absolute atomic E-state index is 0.0209. The first-order chi connectivity index (χ1) is 9.00. The van der Waals surface area contributed by atoms with E-state index in [-0.39, 0.29) is 6.04 Å². The largest absolute Gasteiger partial charge is 0.296 e. The Hall–Kier alpha value is -0.950. The summed E-state index contributed by atoms with van der Waals surface area (Å²) in [6.45, 7) is 4.79. The average Bonchev–Trinajstić information content (AvgIpc) is 2.38. The molecule has 0 aromatic heterocycles. The third-order valence-corrected chi connectivity index (χ3v) is 4.69. The van der Waals surface area contributed by atoms with Crippen LogP contribution >= 0.6 is 0 Å². The Morgan fingerprint density at radius 2 is 1.95 bits per heavy atom. The van der Waals surface area contributed by atoms with Crippen molar-refractivity contribution >= 4 is 10.2 Å². The molecule has 0 spiro atoms. The number of benzene rings is 1. The second-order valence-corrected chi connectivity index (χ2v) is 6.44. The van der Waals surface area contributed by atoms with Gasteiger partial charge in [0.1, 0.15) is 0 Å². The average molecular weight is 283 g/mol. The molecule has 6 heteroatoms. The molecule has 1 atom stereocenters. The molecule has 1 heterocycles. The van der Waals surface area contributed by atoms with Crippen molar-refractivity contribution < 1.29 is 8.42 Å². The van der Waals surface area contributed by atoms with Crippen molar-refractivity contribution in [2.45, 2.75) is 25.9 Å². The maximum Gasteiger partial charge on any atom is 0.277 e. The van der Waals surface area contributed by atoms with E-state index in [0.29, 0.717) is 6.54 Å². The van der Waals surface area contributed by atoms with Gasteiger partial charge in [0.2, 0.25) is 0 Å². The van der Waals surface area contributed by atoms with Crippen LogP contribution in [-0.2, 0) is 16.8 Å². The molecular weight excluding hydrogens is 262 g/mol. The van der Waals surface area contributed by atoms with Gasteiger partial charge in [0.25, 0.3) is 10.2 Å². The van der Waals surface area contributed by atoms with Crippen molar-refractivity contribution in [1.29, 1.82) is 0 Å². The van der Waals surface area contributed by atoms with Gasteiger partial charge < -0.3 is 0 Å². The third-order valence-electron chi connectivity index (χ3n) is 3.56. The highest BCUT2D eigenvalue weighted by molar-refractivity contribution is 7.86. The first-order valence-electron chi connectivity index (χ1n) is 6.56. The zero-order chi connectivity index (χ0) is 13.9. The number of rotatable bonds is 4. The lowest BCUT2D eigenvalue weighted by atomic mass is 10.1.